The van der Waals surface area contributed by atoms with Crippen LogP contribution in [-0.2, 0) is 22.6 Å². The minimum Gasteiger partial charge on any atom is -0.481 e. The Morgan fingerprint density at radius 3 is 2.32 bits per heavy atom. The molecule has 2 N–H and O–H groups in total. The lowest BCUT2D eigenvalue weighted by molar-refractivity contribution is -0.137. The molecule has 1 aromatic heterocycles. The highest BCUT2D eigenvalue weighted by Crippen LogP contribution is 2.18. The number of aliphatic carboxylic acids is 1. The van der Waals surface area contributed by atoms with Crippen LogP contribution in [0, 0.1) is 0 Å². The molecule has 1 aromatic carbocycles. The lowest BCUT2D eigenvalue weighted by atomic mass is 10.0. The third-order valence-corrected chi connectivity index (χ3v) is 3.24. The molecule has 0 aliphatic heterocycles. The summed E-state index contributed by atoms with van der Waals surface area (Å²) in [6.45, 7) is 1.95. The standard InChI is InChI=1S/C17H18N2O3/c1-12(20)18-10-14-4-8-16(19-11-14)15-6-2-13(3-7-15)5-9-17(21)22/h2-4,6-8,11H,5,9-10H2,1H3,(H,18,20)(H,21,22). The molecule has 5 nitrogen and oxygen atoms in total. The monoisotopic (exact) mass is 298 g/mol. The second-order valence-electron chi connectivity index (χ2n) is 5.05. The molecule has 0 fully saturated rings. The summed E-state index contributed by atoms with van der Waals surface area (Å²) in [7, 11) is 0. The minimum absolute atomic E-state index is 0.0685. The Morgan fingerprint density at radius 2 is 1.77 bits per heavy atom. The number of amides is 1. The lowest BCUT2D eigenvalue weighted by Crippen LogP contribution is -2.18. The van der Waals surface area contributed by atoms with Gasteiger partial charge in [-0.25, -0.2) is 0 Å². The van der Waals surface area contributed by atoms with Crippen molar-refractivity contribution in [3.05, 3.63) is 53.7 Å². The number of hydrogen-bond donors (Lipinski definition) is 2. The molecule has 0 saturated carbocycles. The van der Waals surface area contributed by atoms with Crippen molar-refractivity contribution in [2.24, 2.45) is 0 Å². The van der Waals surface area contributed by atoms with E-state index >= 15 is 0 Å². The van der Waals surface area contributed by atoms with Gasteiger partial charge in [0.2, 0.25) is 5.91 Å². The van der Waals surface area contributed by atoms with Crippen molar-refractivity contribution in [1.29, 1.82) is 0 Å². The number of rotatable bonds is 6. The van der Waals surface area contributed by atoms with Gasteiger partial charge in [-0.15, -0.1) is 0 Å². The molecule has 0 unspecified atom stereocenters. The van der Waals surface area contributed by atoms with Crippen molar-refractivity contribution < 1.29 is 14.7 Å². The average Bonchev–Trinajstić information content (AvgIpc) is 2.52. The molecule has 114 valence electrons. The van der Waals surface area contributed by atoms with Gasteiger partial charge in [-0.05, 0) is 23.6 Å². The first-order chi connectivity index (χ1) is 10.5. The smallest absolute Gasteiger partial charge is 0.303 e. The number of hydrogen-bond acceptors (Lipinski definition) is 3. The van der Waals surface area contributed by atoms with E-state index in [0.717, 1.165) is 22.4 Å². The van der Waals surface area contributed by atoms with E-state index in [2.05, 4.69) is 10.3 Å². The van der Waals surface area contributed by atoms with E-state index in [1.807, 2.05) is 36.4 Å². The molecule has 0 bridgehead atoms. The van der Waals surface area contributed by atoms with E-state index in [-0.39, 0.29) is 12.3 Å². The first-order valence-corrected chi connectivity index (χ1v) is 7.05. The molecular weight excluding hydrogens is 280 g/mol. The highest BCUT2D eigenvalue weighted by Gasteiger charge is 2.03. The molecule has 0 atom stereocenters. The summed E-state index contributed by atoms with van der Waals surface area (Å²) in [6, 6.07) is 11.6. The van der Waals surface area contributed by atoms with Gasteiger partial charge in [0.1, 0.15) is 0 Å². The number of aromatic nitrogens is 1. The van der Waals surface area contributed by atoms with Gasteiger partial charge in [0.15, 0.2) is 0 Å². The van der Waals surface area contributed by atoms with E-state index in [0.29, 0.717) is 13.0 Å². The van der Waals surface area contributed by atoms with Crippen LogP contribution in [0.15, 0.2) is 42.6 Å². The Balaban J connectivity index is 2.02. The average molecular weight is 298 g/mol. The fourth-order valence-electron chi connectivity index (χ4n) is 2.02. The zero-order valence-electron chi connectivity index (χ0n) is 12.4. The number of nitrogens with one attached hydrogen (secondary N) is 1. The number of benzene rings is 1. The van der Waals surface area contributed by atoms with Crippen LogP contribution in [0.25, 0.3) is 11.3 Å². The van der Waals surface area contributed by atoms with E-state index in [9.17, 15) is 9.59 Å². The molecule has 1 heterocycles. The maximum Gasteiger partial charge on any atom is 0.303 e. The second kappa shape index (κ2) is 7.36. The van der Waals surface area contributed by atoms with Gasteiger partial charge in [0.05, 0.1) is 5.69 Å². The summed E-state index contributed by atoms with van der Waals surface area (Å²) in [5, 5.41) is 11.4. The van der Waals surface area contributed by atoms with Gasteiger partial charge >= 0.3 is 5.97 Å². The third kappa shape index (κ3) is 4.70. The quantitative estimate of drug-likeness (QED) is 0.858. The van der Waals surface area contributed by atoms with Gasteiger partial charge in [-0.1, -0.05) is 30.3 Å². The fraction of sp³-hybridized carbons (Fsp3) is 0.235. The zero-order chi connectivity index (χ0) is 15.9. The number of carboxylic acids is 1. The van der Waals surface area contributed by atoms with Crippen molar-refractivity contribution in [2.45, 2.75) is 26.3 Å². The lowest BCUT2D eigenvalue weighted by Gasteiger charge is -2.05. The van der Waals surface area contributed by atoms with Crippen molar-refractivity contribution in [2.75, 3.05) is 0 Å². The third-order valence-electron chi connectivity index (χ3n) is 3.24. The highest BCUT2D eigenvalue weighted by molar-refractivity contribution is 5.72. The maximum absolute atomic E-state index is 10.9. The van der Waals surface area contributed by atoms with E-state index in [4.69, 9.17) is 5.11 Å². The molecule has 0 radical (unpaired) electrons. The van der Waals surface area contributed by atoms with Gasteiger partial charge in [0, 0.05) is 31.6 Å². The Hall–Kier alpha value is -2.69. The van der Waals surface area contributed by atoms with Crippen LogP contribution in [0.1, 0.15) is 24.5 Å². The summed E-state index contributed by atoms with van der Waals surface area (Å²) in [4.78, 5) is 25.8. The summed E-state index contributed by atoms with van der Waals surface area (Å²) in [5.41, 5.74) is 3.76. The van der Waals surface area contributed by atoms with Crippen molar-refractivity contribution >= 4 is 11.9 Å². The highest BCUT2D eigenvalue weighted by atomic mass is 16.4. The first-order valence-electron chi connectivity index (χ1n) is 7.05. The molecule has 22 heavy (non-hydrogen) atoms. The second-order valence-corrected chi connectivity index (χ2v) is 5.05. The molecule has 2 rings (SSSR count). The van der Waals surface area contributed by atoms with E-state index in [1.165, 1.54) is 6.92 Å². The summed E-state index contributed by atoms with van der Waals surface area (Å²) in [5.74, 6) is -0.860. The first kappa shape index (κ1) is 15.7. The predicted molar refractivity (Wildman–Crippen MR) is 83.2 cm³/mol. The van der Waals surface area contributed by atoms with Crippen LogP contribution in [-0.4, -0.2) is 22.0 Å². The van der Waals surface area contributed by atoms with Crippen LogP contribution < -0.4 is 5.32 Å². The van der Waals surface area contributed by atoms with Gasteiger partial charge in [-0.3, -0.25) is 14.6 Å². The van der Waals surface area contributed by atoms with Crippen LogP contribution in [0.3, 0.4) is 0 Å². The summed E-state index contributed by atoms with van der Waals surface area (Å²) >= 11 is 0. The maximum atomic E-state index is 10.9. The number of pyridine rings is 1. The number of carboxylic acid groups (broad SMARTS) is 1. The van der Waals surface area contributed by atoms with Crippen LogP contribution in [0.2, 0.25) is 0 Å². The van der Waals surface area contributed by atoms with Crippen LogP contribution in [0.5, 0.6) is 0 Å². The molecule has 1 amide bonds. The Bertz CT molecular complexity index is 589. The fourth-order valence-corrected chi connectivity index (χ4v) is 2.02. The topological polar surface area (TPSA) is 79.3 Å². The Labute approximate surface area is 129 Å². The minimum atomic E-state index is -0.791. The molecule has 0 aliphatic rings. The number of nitrogens with zero attached hydrogens (tertiary/aromatic N) is 1. The van der Waals surface area contributed by atoms with Gasteiger partial charge < -0.3 is 10.4 Å². The SMILES string of the molecule is CC(=O)NCc1ccc(-c2ccc(CCC(=O)O)cc2)nc1. The Kier molecular flexibility index (Phi) is 5.25. The van der Waals surface area contributed by atoms with Gasteiger partial charge in [0.25, 0.3) is 0 Å². The van der Waals surface area contributed by atoms with Crippen molar-refractivity contribution in [1.82, 2.24) is 10.3 Å². The van der Waals surface area contributed by atoms with Crippen LogP contribution >= 0.6 is 0 Å². The van der Waals surface area contributed by atoms with Crippen molar-refractivity contribution in [3.8, 4) is 11.3 Å². The number of carbonyl (C=O) groups is 2. The Morgan fingerprint density at radius 1 is 1.09 bits per heavy atom. The molecular formula is C17H18N2O3. The van der Waals surface area contributed by atoms with Crippen LogP contribution in [0.4, 0.5) is 0 Å². The molecule has 0 aliphatic carbocycles. The van der Waals surface area contributed by atoms with E-state index < -0.39 is 5.97 Å². The molecule has 2 aromatic rings. The summed E-state index contributed by atoms with van der Waals surface area (Å²) in [6.07, 6.45) is 2.40. The normalized spacial score (nSPS) is 10.2. The predicted octanol–water partition coefficient (Wildman–Crippen LogP) is 2.40. The van der Waals surface area contributed by atoms with Gasteiger partial charge in [-0.2, -0.15) is 0 Å². The molecule has 0 saturated heterocycles. The molecule has 5 heteroatoms. The molecule has 0 spiro atoms. The summed E-state index contributed by atoms with van der Waals surface area (Å²) < 4.78 is 0. The van der Waals surface area contributed by atoms with Crippen molar-refractivity contribution in [3.63, 3.8) is 0 Å². The van der Waals surface area contributed by atoms with E-state index in [1.54, 1.807) is 6.20 Å². The largest absolute Gasteiger partial charge is 0.481 e. The zero-order valence-corrected chi connectivity index (χ0v) is 12.4. The number of carbonyl (C=O) groups excluding carboxylic acids is 1. The number of aryl methyl sites for hydroxylation is 1.